The van der Waals surface area contributed by atoms with E-state index in [4.69, 9.17) is 4.74 Å². The number of benzene rings is 2. The lowest BCUT2D eigenvalue weighted by Crippen LogP contribution is -2.25. The molecule has 0 spiro atoms. The van der Waals surface area contributed by atoms with Crippen LogP contribution < -0.4 is 5.32 Å². The molecule has 0 fully saturated rings. The van der Waals surface area contributed by atoms with E-state index in [2.05, 4.69) is 34.4 Å². The van der Waals surface area contributed by atoms with Crippen molar-refractivity contribution in [1.29, 1.82) is 0 Å². The Morgan fingerprint density at radius 3 is 2.33 bits per heavy atom. The van der Waals surface area contributed by atoms with Crippen LogP contribution in [0, 0.1) is 5.41 Å². The molecule has 1 aliphatic rings. The standard InChI is InChI=1S/C24H28N4O2/c1-4-30-23(29)17-25-21-14-22(16-24(2,3)15-21)26-18-10-12-20(13-11-18)28-27-19-8-6-5-7-9-19/h5-14,26H,4,15-17H2,1-3H3. The first-order valence-electron chi connectivity index (χ1n) is 10.2. The molecule has 6 nitrogen and oxygen atoms in total. The molecule has 0 unspecified atom stereocenters. The number of nitrogens with one attached hydrogen (secondary N) is 1. The lowest BCUT2D eigenvalue weighted by Gasteiger charge is -2.31. The summed E-state index contributed by atoms with van der Waals surface area (Å²) in [7, 11) is 0. The number of aliphatic imine (C=N–C) groups is 1. The lowest BCUT2D eigenvalue weighted by atomic mass is 9.78. The van der Waals surface area contributed by atoms with Gasteiger partial charge in [-0.2, -0.15) is 10.2 Å². The van der Waals surface area contributed by atoms with Gasteiger partial charge in [-0.1, -0.05) is 32.0 Å². The van der Waals surface area contributed by atoms with E-state index >= 15 is 0 Å². The number of ether oxygens (including phenoxy) is 1. The Morgan fingerprint density at radius 2 is 1.67 bits per heavy atom. The minimum atomic E-state index is -0.295. The van der Waals surface area contributed by atoms with Crippen molar-refractivity contribution in [2.24, 2.45) is 20.6 Å². The van der Waals surface area contributed by atoms with Crippen LogP contribution in [0.15, 0.2) is 81.6 Å². The second-order valence-electron chi connectivity index (χ2n) is 8.01. The molecule has 0 aromatic heterocycles. The first kappa shape index (κ1) is 21.4. The first-order valence-corrected chi connectivity index (χ1v) is 10.2. The van der Waals surface area contributed by atoms with Crippen LogP contribution in [0.4, 0.5) is 17.1 Å². The van der Waals surface area contributed by atoms with Crippen molar-refractivity contribution in [2.45, 2.75) is 33.6 Å². The van der Waals surface area contributed by atoms with Gasteiger partial charge in [0.1, 0.15) is 6.54 Å². The van der Waals surface area contributed by atoms with Crippen LogP contribution in [0.3, 0.4) is 0 Å². The van der Waals surface area contributed by atoms with Crippen LogP contribution in [0.5, 0.6) is 0 Å². The molecule has 30 heavy (non-hydrogen) atoms. The normalized spacial score (nSPS) is 17.0. The Labute approximate surface area is 177 Å². The van der Waals surface area contributed by atoms with E-state index in [0.29, 0.717) is 6.61 Å². The predicted octanol–water partition coefficient (Wildman–Crippen LogP) is 6.22. The van der Waals surface area contributed by atoms with Crippen molar-refractivity contribution in [3.8, 4) is 0 Å². The number of anilines is 1. The molecule has 1 N–H and O–H groups in total. The number of nitrogens with zero attached hydrogens (tertiary/aromatic N) is 3. The van der Waals surface area contributed by atoms with Gasteiger partial charge in [0.15, 0.2) is 0 Å². The van der Waals surface area contributed by atoms with Gasteiger partial charge in [0.25, 0.3) is 0 Å². The van der Waals surface area contributed by atoms with Crippen molar-refractivity contribution in [1.82, 2.24) is 0 Å². The zero-order valence-electron chi connectivity index (χ0n) is 17.8. The quantitative estimate of drug-likeness (QED) is 0.439. The lowest BCUT2D eigenvalue weighted by molar-refractivity contribution is -0.141. The molecular weight excluding hydrogens is 376 g/mol. The van der Waals surface area contributed by atoms with E-state index < -0.39 is 0 Å². The summed E-state index contributed by atoms with van der Waals surface area (Å²) in [5.41, 5.74) is 4.64. The maximum absolute atomic E-state index is 11.6. The van der Waals surface area contributed by atoms with E-state index in [1.807, 2.05) is 60.7 Å². The molecule has 2 aromatic rings. The molecule has 3 rings (SSSR count). The summed E-state index contributed by atoms with van der Waals surface area (Å²) >= 11 is 0. The molecule has 0 atom stereocenters. The van der Waals surface area contributed by atoms with Crippen LogP contribution in [-0.2, 0) is 9.53 Å². The predicted molar refractivity (Wildman–Crippen MR) is 121 cm³/mol. The number of carbonyl (C=O) groups excluding carboxylic acids is 1. The van der Waals surface area contributed by atoms with Gasteiger partial charge in [-0.15, -0.1) is 0 Å². The summed E-state index contributed by atoms with van der Waals surface area (Å²) in [6.07, 6.45) is 3.77. The highest BCUT2D eigenvalue weighted by Crippen LogP contribution is 2.34. The molecule has 156 valence electrons. The van der Waals surface area contributed by atoms with E-state index in [-0.39, 0.29) is 17.9 Å². The summed E-state index contributed by atoms with van der Waals surface area (Å²) in [6, 6.07) is 17.5. The molecular formula is C24H28N4O2. The van der Waals surface area contributed by atoms with Crippen LogP contribution in [0.1, 0.15) is 33.6 Å². The molecule has 2 aromatic carbocycles. The van der Waals surface area contributed by atoms with Gasteiger partial charge >= 0.3 is 5.97 Å². The van der Waals surface area contributed by atoms with Gasteiger partial charge in [0.2, 0.25) is 0 Å². The third-order valence-electron chi connectivity index (χ3n) is 4.60. The van der Waals surface area contributed by atoms with Gasteiger partial charge in [0.05, 0.1) is 18.0 Å². The molecule has 0 saturated heterocycles. The number of carbonyl (C=O) groups is 1. The van der Waals surface area contributed by atoms with Gasteiger partial charge in [-0.25, -0.2) is 0 Å². The topological polar surface area (TPSA) is 75.4 Å². The molecule has 6 heteroatoms. The Kier molecular flexibility index (Phi) is 7.12. The number of rotatable bonds is 7. The maximum atomic E-state index is 11.6. The van der Waals surface area contributed by atoms with Gasteiger partial charge in [-0.05, 0) is 67.7 Å². The molecule has 0 heterocycles. The maximum Gasteiger partial charge on any atom is 0.327 e. The molecule has 0 aliphatic heterocycles. The number of azo groups is 1. The minimum absolute atomic E-state index is 0.0597. The van der Waals surface area contributed by atoms with Crippen LogP contribution >= 0.6 is 0 Å². The number of esters is 1. The molecule has 0 radical (unpaired) electrons. The number of hydrogen-bond acceptors (Lipinski definition) is 6. The van der Waals surface area contributed by atoms with E-state index in [1.165, 1.54) is 0 Å². The zero-order chi connectivity index (χ0) is 21.4. The summed E-state index contributed by atoms with van der Waals surface area (Å²) in [6.45, 7) is 6.64. The highest BCUT2D eigenvalue weighted by molar-refractivity contribution is 5.98. The average molecular weight is 405 g/mol. The summed E-state index contributed by atoms with van der Waals surface area (Å²) in [4.78, 5) is 16.1. The van der Waals surface area contributed by atoms with Gasteiger partial charge in [-0.3, -0.25) is 9.79 Å². The second-order valence-corrected chi connectivity index (χ2v) is 8.01. The fourth-order valence-electron chi connectivity index (χ4n) is 3.33. The Hall–Kier alpha value is -3.28. The third kappa shape index (κ3) is 6.65. The van der Waals surface area contributed by atoms with Crippen molar-refractivity contribution in [3.05, 3.63) is 66.4 Å². The minimum Gasteiger partial charge on any atom is -0.465 e. The van der Waals surface area contributed by atoms with Crippen molar-refractivity contribution in [2.75, 3.05) is 18.5 Å². The molecule has 0 bridgehead atoms. The summed E-state index contributed by atoms with van der Waals surface area (Å²) in [5.74, 6) is -0.295. The first-order chi connectivity index (χ1) is 14.4. The Balaban J connectivity index is 1.67. The zero-order valence-corrected chi connectivity index (χ0v) is 17.8. The number of hydrogen-bond donors (Lipinski definition) is 1. The van der Waals surface area contributed by atoms with Gasteiger partial charge in [0, 0.05) is 17.1 Å². The highest BCUT2D eigenvalue weighted by atomic mass is 16.5. The second kappa shape index (κ2) is 9.96. The Morgan fingerprint density at radius 1 is 1.00 bits per heavy atom. The average Bonchev–Trinajstić information content (AvgIpc) is 2.72. The van der Waals surface area contributed by atoms with Crippen molar-refractivity contribution >= 4 is 28.7 Å². The van der Waals surface area contributed by atoms with Crippen LogP contribution in [0.2, 0.25) is 0 Å². The fraction of sp³-hybridized carbons (Fsp3) is 0.333. The molecule has 0 saturated carbocycles. The number of allylic oxidation sites excluding steroid dienone is 2. The largest absolute Gasteiger partial charge is 0.465 e. The summed E-state index contributed by atoms with van der Waals surface area (Å²) in [5, 5.41) is 12.0. The third-order valence-corrected chi connectivity index (χ3v) is 4.60. The van der Waals surface area contributed by atoms with Crippen LogP contribution in [0.25, 0.3) is 0 Å². The highest BCUT2D eigenvalue weighted by Gasteiger charge is 2.26. The van der Waals surface area contributed by atoms with E-state index in [0.717, 1.165) is 41.3 Å². The van der Waals surface area contributed by atoms with E-state index in [1.54, 1.807) is 6.92 Å². The van der Waals surface area contributed by atoms with Gasteiger partial charge < -0.3 is 10.1 Å². The SMILES string of the molecule is CCOC(=O)CN=C1C=C(Nc2ccc(N=Nc3ccccc3)cc2)CC(C)(C)C1. The molecule has 1 aliphatic carbocycles. The fourth-order valence-corrected chi connectivity index (χ4v) is 3.33. The monoisotopic (exact) mass is 404 g/mol. The molecule has 0 amide bonds. The van der Waals surface area contributed by atoms with Crippen molar-refractivity contribution in [3.63, 3.8) is 0 Å². The smallest absolute Gasteiger partial charge is 0.327 e. The van der Waals surface area contributed by atoms with E-state index in [9.17, 15) is 4.79 Å². The Bertz CT molecular complexity index is 945. The van der Waals surface area contributed by atoms with Crippen LogP contribution in [-0.4, -0.2) is 24.8 Å². The van der Waals surface area contributed by atoms with Crippen molar-refractivity contribution < 1.29 is 9.53 Å². The summed E-state index contributed by atoms with van der Waals surface area (Å²) < 4.78 is 4.97.